The Hall–Kier alpha value is -1.69. The van der Waals surface area contributed by atoms with Gasteiger partial charge in [0.1, 0.15) is 23.9 Å². The number of benzene rings is 1. The van der Waals surface area contributed by atoms with Crippen molar-refractivity contribution in [1.29, 1.82) is 0 Å². The van der Waals surface area contributed by atoms with E-state index in [1.165, 1.54) is 0 Å². The third kappa shape index (κ3) is 4.16. The third-order valence-electron chi connectivity index (χ3n) is 3.09. The van der Waals surface area contributed by atoms with Gasteiger partial charge >= 0.3 is 0 Å². The predicted molar refractivity (Wildman–Crippen MR) is 86.5 cm³/mol. The van der Waals surface area contributed by atoms with E-state index in [-0.39, 0.29) is 12.5 Å². The van der Waals surface area contributed by atoms with Crippen LogP contribution >= 0.6 is 11.6 Å². The zero-order valence-electron chi connectivity index (χ0n) is 12.4. The maximum absolute atomic E-state index is 9.58. The summed E-state index contributed by atoms with van der Waals surface area (Å²) in [6.45, 7) is 2.64. The van der Waals surface area contributed by atoms with Gasteiger partial charge in [-0.15, -0.1) is 11.6 Å². The Morgan fingerprint density at radius 1 is 1.32 bits per heavy atom. The van der Waals surface area contributed by atoms with Crippen molar-refractivity contribution in [3.8, 4) is 17.1 Å². The summed E-state index contributed by atoms with van der Waals surface area (Å²) < 4.78 is 11.1. The lowest BCUT2D eigenvalue weighted by atomic mass is 10.1. The fourth-order valence-electron chi connectivity index (χ4n) is 2.00. The summed E-state index contributed by atoms with van der Waals surface area (Å²) in [7, 11) is 0. The van der Waals surface area contributed by atoms with Crippen molar-refractivity contribution in [2.45, 2.75) is 19.6 Å². The first-order valence-electron chi connectivity index (χ1n) is 7.12. The Morgan fingerprint density at radius 3 is 2.77 bits per heavy atom. The minimum absolute atomic E-state index is 0.135. The molecule has 3 N–H and O–H groups in total. The smallest absolute Gasteiger partial charge is 0.142 e. The van der Waals surface area contributed by atoms with E-state index in [0.717, 1.165) is 11.3 Å². The molecule has 22 heavy (non-hydrogen) atoms. The molecular weight excluding hydrogens is 306 g/mol. The van der Waals surface area contributed by atoms with Gasteiger partial charge in [-0.2, -0.15) is 0 Å². The van der Waals surface area contributed by atoms with Gasteiger partial charge in [0.25, 0.3) is 0 Å². The van der Waals surface area contributed by atoms with Gasteiger partial charge in [0, 0.05) is 12.1 Å². The molecule has 0 aliphatic heterocycles. The van der Waals surface area contributed by atoms with E-state index in [0.29, 0.717) is 30.4 Å². The molecule has 120 valence electrons. The van der Waals surface area contributed by atoms with Gasteiger partial charge < -0.3 is 24.7 Å². The highest BCUT2D eigenvalue weighted by Crippen LogP contribution is 2.31. The van der Waals surface area contributed by atoms with Crippen LogP contribution in [0.2, 0.25) is 0 Å². The molecule has 0 saturated heterocycles. The summed E-state index contributed by atoms with van der Waals surface area (Å²) in [5.41, 5.74) is 1.61. The molecule has 0 saturated carbocycles. The molecule has 2 aromatic rings. The highest BCUT2D eigenvalue weighted by Gasteiger charge is 2.11. The van der Waals surface area contributed by atoms with Crippen molar-refractivity contribution in [3.05, 3.63) is 36.1 Å². The first-order valence-corrected chi connectivity index (χ1v) is 7.66. The number of aliphatic hydroxyl groups is 2. The molecule has 0 aliphatic carbocycles. The van der Waals surface area contributed by atoms with Crippen LogP contribution in [-0.2, 0) is 6.61 Å². The number of hydrogen-bond donors (Lipinski definition) is 3. The van der Waals surface area contributed by atoms with Crippen LogP contribution in [0.3, 0.4) is 0 Å². The van der Waals surface area contributed by atoms with E-state index in [1.54, 1.807) is 12.1 Å². The lowest BCUT2D eigenvalue weighted by Crippen LogP contribution is -2.21. The quantitative estimate of drug-likeness (QED) is 0.651. The van der Waals surface area contributed by atoms with Crippen LogP contribution in [0.15, 0.2) is 34.7 Å². The molecule has 0 spiro atoms. The molecule has 2 rings (SSSR count). The van der Waals surface area contributed by atoms with Gasteiger partial charge in [-0.25, -0.2) is 0 Å². The molecule has 0 bridgehead atoms. The molecule has 1 heterocycles. The van der Waals surface area contributed by atoms with E-state index < -0.39 is 6.10 Å². The van der Waals surface area contributed by atoms with Crippen molar-refractivity contribution in [2.24, 2.45) is 0 Å². The Morgan fingerprint density at radius 2 is 2.14 bits per heavy atom. The average molecular weight is 326 g/mol. The van der Waals surface area contributed by atoms with Crippen LogP contribution in [0.25, 0.3) is 11.3 Å². The van der Waals surface area contributed by atoms with Gasteiger partial charge in [-0.05, 0) is 37.3 Å². The number of halogens is 1. The molecule has 1 aromatic heterocycles. The van der Waals surface area contributed by atoms with E-state index >= 15 is 0 Å². The van der Waals surface area contributed by atoms with Gasteiger partial charge in [-0.3, -0.25) is 0 Å². The number of ether oxygens (including phenoxy) is 1. The van der Waals surface area contributed by atoms with Gasteiger partial charge in [0.05, 0.1) is 24.3 Å². The van der Waals surface area contributed by atoms with Crippen LogP contribution in [0, 0.1) is 0 Å². The third-order valence-corrected chi connectivity index (χ3v) is 3.44. The Kier molecular flexibility index (Phi) is 6.12. The summed E-state index contributed by atoms with van der Waals surface area (Å²) in [6, 6.07) is 9.14. The molecule has 0 amide bonds. The first kappa shape index (κ1) is 16.7. The maximum Gasteiger partial charge on any atom is 0.142 e. The van der Waals surface area contributed by atoms with Crippen molar-refractivity contribution in [1.82, 2.24) is 0 Å². The highest BCUT2D eigenvalue weighted by molar-refractivity contribution is 6.18. The Bertz CT molecular complexity index is 600. The van der Waals surface area contributed by atoms with Crippen LogP contribution < -0.4 is 10.1 Å². The Balaban J connectivity index is 2.25. The zero-order valence-corrected chi connectivity index (χ0v) is 13.1. The second kappa shape index (κ2) is 8.08. The van der Waals surface area contributed by atoms with Crippen LogP contribution in [-0.4, -0.2) is 35.3 Å². The summed E-state index contributed by atoms with van der Waals surface area (Å²) >= 11 is 5.61. The summed E-state index contributed by atoms with van der Waals surface area (Å²) in [6.07, 6.45) is -0.635. The van der Waals surface area contributed by atoms with Crippen LogP contribution in [0.1, 0.15) is 12.7 Å². The van der Waals surface area contributed by atoms with E-state index in [2.05, 4.69) is 5.32 Å². The molecule has 6 heteroatoms. The summed E-state index contributed by atoms with van der Waals surface area (Å²) in [5.74, 6) is 2.03. The minimum atomic E-state index is -0.635. The molecule has 0 fully saturated rings. The minimum Gasteiger partial charge on any atom is -0.492 e. The molecule has 1 atom stereocenters. The second-order valence-electron chi connectivity index (χ2n) is 4.76. The highest BCUT2D eigenvalue weighted by atomic mass is 35.5. The van der Waals surface area contributed by atoms with Crippen molar-refractivity contribution in [2.75, 3.05) is 24.3 Å². The Labute approximate surface area is 134 Å². The zero-order chi connectivity index (χ0) is 15.9. The van der Waals surface area contributed by atoms with Crippen molar-refractivity contribution >= 4 is 17.3 Å². The molecule has 0 radical (unpaired) electrons. The molecule has 1 aromatic carbocycles. The first-order chi connectivity index (χ1) is 10.7. The van der Waals surface area contributed by atoms with Gasteiger partial charge in [0.15, 0.2) is 0 Å². The topological polar surface area (TPSA) is 74.9 Å². The van der Waals surface area contributed by atoms with Gasteiger partial charge in [0.2, 0.25) is 0 Å². The van der Waals surface area contributed by atoms with Crippen LogP contribution in [0.5, 0.6) is 5.75 Å². The number of aliphatic hydroxyl groups excluding tert-OH is 2. The second-order valence-corrected chi connectivity index (χ2v) is 5.07. The molecular formula is C16H20ClNO4. The lowest BCUT2D eigenvalue weighted by molar-refractivity contribution is 0.211. The van der Waals surface area contributed by atoms with Gasteiger partial charge in [-0.1, -0.05) is 0 Å². The number of alkyl halides is 1. The largest absolute Gasteiger partial charge is 0.492 e. The fourth-order valence-corrected chi connectivity index (χ4v) is 2.11. The number of nitrogens with one attached hydrogen (secondary N) is 1. The molecule has 0 aliphatic rings. The van der Waals surface area contributed by atoms with E-state index in [1.807, 2.05) is 25.1 Å². The van der Waals surface area contributed by atoms with E-state index in [4.69, 9.17) is 25.9 Å². The fraction of sp³-hybridized carbons (Fsp3) is 0.375. The lowest BCUT2D eigenvalue weighted by Gasteiger charge is -2.15. The molecule has 1 unspecified atom stereocenters. The van der Waals surface area contributed by atoms with E-state index in [9.17, 15) is 5.11 Å². The number of rotatable bonds is 8. The normalized spacial score (nSPS) is 12.2. The number of furan rings is 1. The monoisotopic (exact) mass is 325 g/mol. The summed E-state index contributed by atoms with van der Waals surface area (Å²) in [4.78, 5) is 0. The standard InChI is InChI=1S/C16H20ClNO4/c1-2-21-16-5-3-11(15-6-4-13(10-19)22-15)7-14(16)18-9-12(20)8-17/h3-7,12,18-20H,2,8-10H2,1H3. The van der Waals surface area contributed by atoms with Crippen molar-refractivity contribution in [3.63, 3.8) is 0 Å². The average Bonchev–Trinajstić information content (AvgIpc) is 3.02. The SMILES string of the molecule is CCOc1ccc(-c2ccc(CO)o2)cc1NCC(O)CCl. The predicted octanol–water partition coefficient (Wildman–Crippen LogP) is 2.85. The van der Waals surface area contributed by atoms with Crippen molar-refractivity contribution < 1.29 is 19.4 Å². The molecule has 5 nitrogen and oxygen atoms in total. The number of anilines is 1. The maximum atomic E-state index is 9.58. The number of hydrogen-bond acceptors (Lipinski definition) is 5. The summed E-state index contributed by atoms with van der Waals surface area (Å²) in [5, 5.41) is 21.8. The van der Waals surface area contributed by atoms with Crippen LogP contribution in [0.4, 0.5) is 5.69 Å².